The molecule has 2 atom stereocenters. The van der Waals surface area contributed by atoms with E-state index in [4.69, 9.17) is 5.73 Å². The molecule has 2 unspecified atom stereocenters. The first-order valence-corrected chi connectivity index (χ1v) is 9.76. The average Bonchev–Trinajstić information content (AvgIpc) is 2.68. The van der Waals surface area contributed by atoms with E-state index in [1.165, 1.54) is 17.5 Å². The highest BCUT2D eigenvalue weighted by Crippen LogP contribution is 2.23. The number of carbonyl (C=O) groups is 2. The van der Waals surface area contributed by atoms with Crippen LogP contribution >= 0.6 is 12.4 Å². The van der Waals surface area contributed by atoms with Crippen LogP contribution in [0.15, 0.2) is 24.3 Å². The van der Waals surface area contributed by atoms with Crippen LogP contribution in [-0.2, 0) is 17.8 Å². The van der Waals surface area contributed by atoms with Crippen molar-refractivity contribution in [3.8, 4) is 0 Å². The summed E-state index contributed by atoms with van der Waals surface area (Å²) in [4.78, 5) is 26.3. The van der Waals surface area contributed by atoms with Gasteiger partial charge in [-0.25, -0.2) is 4.79 Å². The maximum Gasteiger partial charge on any atom is 0.317 e. The summed E-state index contributed by atoms with van der Waals surface area (Å²) in [5.41, 5.74) is 8.33. The zero-order valence-corrected chi connectivity index (χ0v) is 16.6. The van der Waals surface area contributed by atoms with E-state index in [-0.39, 0.29) is 30.4 Å². The fourth-order valence-corrected chi connectivity index (χ4v) is 4.02. The van der Waals surface area contributed by atoms with Crippen LogP contribution in [0.3, 0.4) is 0 Å². The lowest BCUT2D eigenvalue weighted by Gasteiger charge is -2.31. The van der Waals surface area contributed by atoms with Gasteiger partial charge in [0.2, 0.25) is 5.91 Å². The number of carbonyl (C=O) groups excluding carboxylic acids is 2. The van der Waals surface area contributed by atoms with Gasteiger partial charge < -0.3 is 21.3 Å². The topological polar surface area (TPSA) is 87.5 Å². The molecule has 0 bridgehead atoms. The lowest BCUT2D eigenvalue weighted by atomic mass is 9.84. The Bertz CT molecular complexity index is 640. The molecule has 1 saturated carbocycles. The third-order valence-electron chi connectivity index (χ3n) is 5.60. The van der Waals surface area contributed by atoms with Crippen molar-refractivity contribution in [3.63, 3.8) is 0 Å². The molecule has 4 N–H and O–H groups in total. The number of nitrogens with two attached hydrogens (primary N) is 1. The Balaban J connectivity index is 0.00000261. The van der Waals surface area contributed by atoms with Gasteiger partial charge in [0.25, 0.3) is 0 Å². The van der Waals surface area contributed by atoms with Crippen LogP contribution in [0.2, 0.25) is 0 Å². The molecule has 1 heterocycles. The molecule has 27 heavy (non-hydrogen) atoms. The summed E-state index contributed by atoms with van der Waals surface area (Å²) in [5, 5.41) is 5.98. The second-order valence-corrected chi connectivity index (χ2v) is 7.38. The summed E-state index contributed by atoms with van der Waals surface area (Å²) in [6.45, 7) is 2.34. The zero-order valence-electron chi connectivity index (χ0n) is 15.8. The molecule has 0 saturated heterocycles. The van der Waals surface area contributed by atoms with Gasteiger partial charge >= 0.3 is 6.03 Å². The molecule has 0 spiro atoms. The number of benzene rings is 1. The minimum absolute atomic E-state index is 0. The van der Waals surface area contributed by atoms with Crippen molar-refractivity contribution in [1.29, 1.82) is 0 Å². The molecule has 0 radical (unpaired) electrons. The van der Waals surface area contributed by atoms with Gasteiger partial charge in [-0.05, 0) is 42.9 Å². The Hall–Kier alpha value is -1.79. The average molecular weight is 395 g/mol. The van der Waals surface area contributed by atoms with Gasteiger partial charge in [0.15, 0.2) is 0 Å². The van der Waals surface area contributed by atoms with Crippen LogP contribution in [0.4, 0.5) is 4.79 Å². The van der Waals surface area contributed by atoms with Gasteiger partial charge in [0.05, 0.1) is 0 Å². The molecule has 1 aromatic rings. The third kappa shape index (κ3) is 5.84. The van der Waals surface area contributed by atoms with E-state index in [1.54, 1.807) is 0 Å². The lowest BCUT2D eigenvalue weighted by Crippen LogP contribution is -2.46. The van der Waals surface area contributed by atoms with Crippen molar-refractivity contribution in [2.24, 2.45) is 11.7 Å². The molecular formula is C20H31ClN4O2. The first-order chi connectivity index (χ1) is 12.7. The second kappa shape index (κ2) is 10.5. The highest BCUT2D eigenvalue weighted by atomic mass is 35.5. The molecule has 7 heteroatoms. The number of halogens is 1. The van der Waals surface area contributed by atoms with Crippen LogP contribution in [0.5, 0.6) is 0 Å². The van der Waals surface area contributed by atoms with E-state index < -0.39 is 0 Å². The molecular weight excluding hydrogens is 364 g/mol. The summed E-state index contributed by atoms with van der Waals surface area (Å²) in [7, 11) is 0. The van der Waals surface area contributed by atoms with E-state index in [1.807, 2.05) is 17.0 Å². The predicted octanol–water partition coefficient (Wildman–Crippen LogP) is 2.20. The zero-order chi connectivity index (χ0) is 18.4. The van der Waals surface area contributed by atoms with Gasteiger partial charge in [0, 0.05) is 32.1 Å². The molecule has 1 fully saturated rings. The standard InChI is InChI=1S/C20H30N4O2.ClH/c21-13-16-6-3-4-8-18(16)23-19(25)9-11-22-20(26)24-12-10-15-5-1-2-7-17(15)14-24;/h1-2,5,7,16,18H,3-4,6,8-14,21H2,(H,22,26)(H,23,25);1H. The van der Waals surface area contributed by atoms with Crippen molar-refractivity contribution in [2.45, 2.75) is 51.1 Å². The first kappa shape index (κ1) is 21.5. The van der Waals surface area contributed by atoms with Crippen LogP contribution in [0.25, 0.3) is 0 Å². The number of nitrogens with zero attached hydrogens (tertiary/aromatic N) is 1. The Kier molecular flexibility index (Phi) is 8.38. The first-order valence-electron chi connectivity index (χ1n) is 9.76. The van der Waals surface area contributed by atoms with Crippen molar-refractivity contribution in [2.75, 3.05) is 19.6 Å². The minimum Gasteiger partial charge on any atom is -0.353 e. The van der Waals surface area contributed by atoms with Crippen molar-refractivity contribution < 1.29 is 9.59 Å². The van der Waals surface area contributed by atoms with Crippen LogP contribution in [0, 0.1) is 5.92 Å². The normalized spacial score (nSPS) is 21.6. The van der Waals surface area contributed by atoms with Gasteiger partial charge in [-0.2, -0.15) is 0 Å². The number of hydrogen-bond donors (Lipinski definition) is 3. The smallest absolute Gasteiger partial charge is 0.317 e. The number of nitrogens with one attached hydrogen (secondary N) is 2. The Morgan fingerprint density at radius 1 is 1.15 bits per heavy atom. The monoisotopic (exact) mass is 394 g/mol. The summed E-state index contributed by atoms with van der Waals surface area (Å²) >= 11 is 0. The number of fused-ring (bicyclic) bond motifs is 1. The third-order valence-corrected chi connectivity index (χ3v) is 5.60. The Morgan fingerprint density at radius 3 is 2.67 bits per heavy atom. The second-order valence-electron chi connectivity index (χ2n) is 7.38. The number of rotatable bonds is 5. The van der Waals surface area contributed by atoms with E-state index in [0.717, 1.165) is 32.2 Å². The predicted molar refractivity (Wildman–Crippen MR) is 109 cm³/mol. The summed E-state index contributed by atoms with van der Waals surface area (Å²) in [6, 6.07) is 8.33. The van der Waals surface area contributed by atoms with E-state index in [9.17, 15) is 9.59 Å². The molecule has 1 aliphatic heterocycles. The SMILES string of the molecule is Cl.NCC1CCCCC1NC(=O)CCNC(=O)N1CCc2ccccc2C1. The quantitative estimate of drug-likeness (QED) is 0.715. The number of hydrogen-bond acceptors (Lipinski definition) is 3. The fourth-order valence-electron chi connectivity index (χ4n) is 4.02. The summed E-state index contributed by atoms with van der Waals surface area (Å²) in [6.07, 6.45) is 5.63. The minimum atomic E-state index is -0.0928. The van der Waals surface area contributed by atoms with E-state index in [0.29, 0.717) is 32.0 Å². The van der Waals surface area contributed by atoms with Gasteiger partial charge in [-0.1, -0.05) is 37.1 Å². The van der Waals surface area contributed by atoms with Gasteiger partial charge in [-0.3, -0.25) is 4.79 Å². The fraction of sp³-hybridized carbons (Fsp3) is 0.600. The Labute approximate surface area is 167 Å². The largest absolute Gasteiger partial charge is 0.353 e. The molecule has 150 valence electrons. The summed E-state index contributed by atoms with van der Waals surface area (Å²) < 4.78 is 0. The summed E-state index contributed by atoms with van der Waals surface area (Å²) in [5.74, 6) is 0.385. The van der Waals surface area contributed by atoms with Crippen LogP contribution < -0.4 is 16.4 Å². The van der Waals surface area contributed by atoms with Crippen molar-refractivity contribution >= 4 is 24.3 Å². The lowest BCUT2D eigenvalue weighted by molar-refractivity contribution is -0.122. The van der Waals surface area contributed by atoms with Crippen molar-refractivity contribution in [3.05, 3.63) is 35.4 Å². The molecule has 6 nitrogen and oxygen atoms in total. The number of urea groups is 1. The maximum atomic E-state index is 12.3. The van der Waals surface area contributed by atoms with Crippen molar-refractivity contribution in [1.82, 2.24) is 15.5 Å². The van der Waals surface area contributed by atoms with Gasteiger partial charge in [-0.15, -0.1) is 12.4 Å². The van der Waals surface area contributed by atoms with Crippen LogP contribution in [0.1, 0.15) is 43.2 Å². The molecule has 2 aliphatic rings. The molecule has 1 aliphatic carbocycles. The van der Waals surface area contributed by atoms with Gasteiger partial charge in [0.1, 0.15) is 0 Å². The highest BCUT2D eigenvalue weighted by molar-refractivity contribution is 5.85. The molecule has 1 aromatic carbocycles. The number of amides is 3. The van der Waals surface area contributed by atoms with E-state index in [2.05, 4.69) is 22.8 Å². The molecule has 3 amide bonds. The molecule has 0 aromatic heterocycles. The van der Waals surface area contributed by atoms with E-state index >= 15 is 0 Å². The highest BCUT2D eigenvalue weighted by Gasteiger charge is 2.25. The maximum absolute atomic E-state index is 12.3. The molecule has 3 rings (SSSR count). The van der Waals surface area contributed by atoms with Crippen LogP contribution in [-0.4, -0.2) is 42.5 Å². The Morgan fingerprint density at radius 2 is 1.89 bits per heavy atom.